The van der Waals surface area contributed by atoms with Gasteiger partial charge in [-0.05, 0) is 18.6 Å². The summed E-state index contributed by atoms with van der Waals surface area (Å²) in [5, 5.41) is 9.54. The fourth-order valence-corrected chi connectivity index (χ4v) is 1.31. The molecule has 1 aromatic rings. The highest BCUT2D eigenvalue weighted by molar-refractivity contribution is 5.70. The third-order valence-corrected chi connectivity index (χ3v) is 1.86. The van der Waals surface area contributed by atoms with E-state index in [2.05, 4.69) is 0 Å². The van der Waals surface area contributed by atoms with E-state index >= 15 is 0 Å². The van der Waals surface area contributed by atoms with E-state index in [-0.39, 0.29) is 11.7 Å². The number of hydrogen-bond acceptors (Lipinski definition) is 3. The Bertz CT molecular complexity index is 331. The van der Waals surface area contributed by atoms with Gasteiger partial charge in [-0.2, -0.15) is 0 Å². The first-order chi connectivity index (χ1) is 6.65. The first-order valence-corrected chi connectivity index (χ1v) is 4.64. The Kier molecular flexibility index (Phi) is 3.51. The van der Waals surface area contributed by atoms with Crippen molar-refractivity contribution in [1.82, 2.24) is 0 Å². The predicted molar refractivity (Wildman–Crippen MR) is 53.4 cm³/mol. The van der Waals surface area contributed by atoms with Gasteiger partial charge < -0.3 is 9.84 Å². The molecule has 1 rings (SSSR count). The maximum Gasteiger partial charge on any atom is 0.308 e. The van der Waals surface area contributed by atoms with Crippen LogP contribution in [-0.4, -0.2) is 11.1 Å². The van der Waals surface area contributed by atoms with Gasteiger partial charge in [-0.3, -0.25) is 4.79 Å². The van der Waals surface area contributed by atoms with Crippen molar-refractivity contribution < 1.29 is 14.6 Å². The standard InChI is InChI=1S/C11H14O3/c1-3-5-9-10(13)6-4-7-11(9)14-8(2)12/h4,6-7,13H,3,5H2,1-2H3. The Hall–Kier alpha value is -1.51. The molecule has 0 aromatic heterocycles. The van der Waals surface area contributed by atoms with E-state index in [1.54, 1.807) is 18.2 Å². The fourth-order valence-electron chi connectivity index (χ4n) is 1.31. The lowest BCUT2D eigenvalue weighted by Crippen LogP contribution is -2.04. The van der Waals surface area contributed by atoms with Gasteiger partial charge in [0.05, 0.1) is 0 Å². The van der Waals surface area contributed by atoms with E-state index in [1.165, 1.54) is 6.92 Å². The van der Waals surface area contributed by atoms with E-state index in [9.17, 15) is 9.90 Å². The molecule has 0 aliphatic carbocycles. The van der Waals surface area contributed by atoms with Gasteiger partial charge in [-0.15, -0.1) is 0 Å². The molecule has 3 nitrogen and oxygen atoms in total. The summed E-state index contributed by atoms with van der Waals surface area (Å²) < 4.78 is 4.98. The summed E-state index contributed by atoms with van der Waals surface area (Å²) >= 11 is 0. The quantitative estimate of drug-likeness (QED) is 0.593. The first kappa shape index (κ1) is 10.6. The molecule has 0 saturated carbocycles. The number of hydrogen-bond donors (Lipinski definition) is 1. The molecule has 0 amide bonds. The lowest BCUT2D eigenvalue weighted by Gasteiger charge is -2.09. The highest BCUT2D eigenvalue weighted by Gasteiger charge is 2.09. The fraction of sp³-hybridized carbons (Fsp3) is 0.364. The van der Waals surface area contributed by atoms with Crippen LogP contribution in [-0.2, 0) is 11.2 Å². The molecule has 1 N–H and O–H groups in total. The molecule has 0 fully saturated rings. The zero-order valence-electron chi connectivity index (χ0n) is 8.41. The summed E-state index contributed by atoms with van der Waals surface area (Å²) in [7, 11) is 0. The number of rotatable bonds is 3. The van der Waals surface area contributed by atoms with Crippen molar-refractivity contribution in [1.29, 1.82) is 0 Å². The number of esters is 1. The number of carbonyl (C=O) groups excluding carboxylic acids is 1. The van der Waals surface area contributed by atoms with Crippen molar-refractivity contribution in [2.45, 2.75) is 26.7 Å². The van der Waals surface area contributed by atoms with Crippen molar-refractivity contribution in [3.63, 3.8) is 0 Å². The Morgan fingerprint density at radius 1 is 1.50 bits per heavy atom. The predicted octanol–water partition coefficient (Wildman–Crippen LogP) is 2.27. The molecule has 14 heavy (non-hydrogen) atoms. The van der Waals surface area contributed by atoms with Crippen LogP contribution in [0, 0.1) is 0 Å². The van der Waals surface area contributed by atoms with E-state index in [4.69, 9.17) is 4.74 Å². The molecule has 0 spiro atoms. The second kappa shape index (κ2) is 4.65. The summed E-state index contributed by atoms with van der Waals surface area (Å²) in [5.74, 6) is 0.276. The molecule has 0 radical (unpaired) electrons. The van der Waals surface area contributed by atoms with Gasteiger partial charge in [-0.1, -0.05) is 19.4 Å². The summed E-state index contributed by atoms with van der Waals surface area (Å²) in [4.78, 5) is 10.8. The van der Waals surface area contributed by atoms with Crippen molar-refractivity contribution in [2.75, 3.05) is 0 Å². The third-order valence-electron chi connectivity index (χ3n) is 1.86. The van der Waals surface area contributed by atoms with Crippen LogP contribution in [0.4, 0.5) is 0 Å². The van der Waals surface area contributed by atoms with Crippen LogP contribution in [0.5, 0.6) is 11.5 Å². The van der Waals surface area contributed by atoms with E-state index in [0.717, 1.165) is 6.42 Å². The molecule has 0 aliphatic rings. The van der Waals surface area contributed by atoms with E-state index in [0.29, 0.717) is 17.7 Å². The number of benzene rings is 1. The summed E-state index contributed by atoms with van der Waals surface area (Å²) in [6.45, 7) is 3.35. The minimum absolute atomic E-state index is 0.186. The largest absolute Gasteiger partial charge is 0.508 e. The minimum Gasteiger partial charge on any atom is -0.508 e. The number of phenolic OH excluding ortho intramolecular Hbond substituents is 1. The van der Waals surface area contributed by atoms with Crippen LogP contribution in [0.2, 0.25) is 0 Å². The second-order valence-electron chi connectivity index (χ2n) is 3.10. The number of aromatic hydroxyl groups is 1. The molecule has 76 valence electrons. The number of phenols is 1. The molecular weight excluding hydrogens is 180 g/mol. The van der Waals surface area contributed by atoms with Gasteiger partial charge in [0.1, 0.15) is 11.5 Å². The highest BCUT2D eigenvalue weighted by Crippen LogP contribution is 2.28. The van der Waals surface area contributed by atoms with E-state index < -0.39 is 0 Å². The van der Waals surface area contributed by atoms with Gasteiger partial charge in [0.2, 0.25) is 0 Å². The van der Waals surface area contributed by atoms with Crippen LogP contribution >= 0.6 is 0 Å². The number of carbonyl (C=O) groups is 1. The van der Waals surface area contributed by atoms with Crippen LogP contribution in [0.1, 0.15) is 25.8 Å². The monoisotopic (exact) mass is 194 g/mol. The second-order valence-corrected chi connectivity index (χ2v) is 3.10. The smallest absolute Gasteiger partial charge is 0.308 e. The molecule has 3 heteroatoms. The maximum atomic E-state index is 10.8. The SMILES string of the molecule is CCCc1c(O)cccc1OC(C)=O. The topological polar surface area (TPSA) is 46.5 Å². The normalized spacial score (nSPS) is 9.86. The zero-order valence-corrected chi connectivity index (χ0v) is 8.41. The summed E-state index contributed by atoms with van der Waals surface area (Å²) in [6, 6.07) is 4.94. The van der Waals surface area contributed by atoms with Crippen LogP contribution in [0.3, 0.4) is 0 Å². The Morgan fingerprint density at radius 2 is 2.21 bits per heavy atom. The molecule has 1 aromatic carbocycles. The molecule has 0 saturated heterocycles. The van der Waals surface area contributed by atoms with E-state index in [1.807, 2.05) is 6.92 Å². The minimum atomic E-state index is -0.368. The molecule has 0 bridgehead atoms. The van der Waals surface area contributed by atoms with Crippen molar-refractivity contribution in [2.24, 2.45) is 0 Å². The zero-order chi connectivity index (χ0) is 10.6. The molecular formula is C11H14O3. The van der Waals surface area contributed by atoms with Crippen LogP contribution in [0.25, 0.3) is 0 Å². The Morgan fingerprint density at radius 3 is 2.79 bits per heavy atom. The maximum absolute atomic E-state index is 10.8. The summed E-state index contributed by atoms with van der Waals surface area (Å²) in [6.07, 6.45) is 1.60. The Balaban J connectivity index is 3.01. The highest BCUT2D eigenvalue weighted by atomic mass is 16.5. The van der Waals surface area contributed by atoms with Gasteiger partial charge >= 0.3 is 5.97 Å². The molecule has 0 heterocycles. The molecule has 0 unspecified atom stereocenters. The lowest BCUT2D eigenvalue weighted by molar-refractivity contribution is -0.131. The van der Waals surface area contributed by atoms with Crippen LogP contribution in [0.15, 0.2) is 18.2 Å². The van der Waals surface area contributed by atoms with Gasteiger partial charge in [-0.25, -0.2) is 0 Å². The average Bonchev–Trinajstić information content (AvgIpc) is 2.10. The average molecular weight is 194 g/mol. The van der Waals surface area contributed by atoms with Gasteiger partial charge in [0.15, 0.2) is 0 Å². The molecule has 0 aliphatic heterocycles. The molecule has 0 atom stereocenters. The lowest BCUT2D eigenvalue weighted by atomic mass is 10.1. The van der Waals surface area contributed by atoms with Crippen LogP contribution < -0.4 is 4.74 Å². The van der Waals surface area contributed by atoms with Crippen molar-refractivity contribution in [3.8, 4) is 11.5 Å². The third kappa shape index (κ3) is 2.49. The first-order valence-electron chi connectivity index (χ1n) is 4.64. The van der Waals surface area contributed by atoms with Crippen molar-refractivity contribution >= 4 is 5.97 Å². The van der Waals surface area contributed by atoms with Crippen molar-refractivity contribution in [3.05, 3.63) is 23.8 Å². The number of ether oxygens (including phenoxy) is 1. The Labute approximate surface area is 83.3 Å². The van der Waals surface area contributed by atoms with Gasteiger partial charge in [0, 0.05) is 12.5 Å². The summed E-state index contributed by atoms with van der Waals surface area (Å²) in [5.41, 5.74) is 0.699. The van der Waals surface area contributed by atoms with Gasteiger partial charge in [0.25, 0.3) is 0 Å².